The molecular weight excluding hydrogens is 718 g/mol. The molecule has 0 radical (unpaired) electrons. The molecule has 0 fully saturated rings. The van der Waals surface area contributed by atoms with E-state index in [1.165, 1.54) is 31.5 Å². The number of aliphatic carboxylic acids is 1. The van der Waals surface area contributed by atoms with Gasteiger partial charge in [0.25, 0.3) is 0 Å². The van der Waals surface area contributed by atoms with Gasteiger partial charge in [0.2, 0.25) is 41.4 Å². The summed E-state index contributed by atoms with van der Waals surface area (Å²) in [5.41, 5.74) is 12.3. The number of carboxylic acids is 1. The first-order valence-electron chi connectivity index (χ1n) is 17.5. The highest BCUT2D eigenvalue weighted by atomic mass is 16.4. The first-order chi connectivity index (χ1) is 25.8. The fourth-order valence-electron chi connectivity index (χ4n) is 5.13. The van der Waals surface area contributed by atoms with Crippen molar-refractivity contribution in [3.63, 3.8) is 0 Å². The van der Waals surface area contributed by atoms with Gasteiger partial charge >= 0.3 is 5.97 Å². The highest BCUT2D eigenvalue weighted by Gasteiger charge is 2.35. The van der Waals surface area contributed by atoms with Crippen molar-refractivity contribution in [2.24, 2.45) is 23.3 Å². The number of nitrogens with zero attached hydrogens (tertiary/aromatic N) is 1. The van der Waals surface area contributed by atoms with Crippen molar-refractivity contribution in [1.82, 2.24) is 36.9 Å². The van der Waals surface area contributed by atoms with Crippen LogP contribution in [0.4, 0.5) is 0 Å². The maximum absolute atomic E-state index is 13.7. The minimum absolute atomic E-state index is 0.0389. The van der Waals surface area contributed by atoms with Crippen molar-refractivity contribution in [1.29, 1.82) is 0 Å². The van der Waals surface area contributed by atoms with E-state index in [4.69, 9.17) is 11.5 Å². The Morgan fingerprint density at radius 2 is 1.24 bits per heavy atom. The molecule has 0 spiro atoms. The van der Waals surface area contributed by atoms with E-state index in [1.54, 1.807) is 52.0 Å². The first-order valence-corrected chi connectivity index (χ1v) is 17.5. The van der Waals surface area contributed by atoms with E-state index in [-0.39, 0.29) is 18.6 Å². The summed E-state index contributed by atoms with van der Waals surface area (Å²) in [6.45, 7) is 7.35. The molecule has 0 saturated heterocycles. The fourth-order valence-corrected chi connectivity index (χ4v) is 5.13. The van der Waals surface area contributed by atoms with E-state index >= 15 is 0 Å². The van der Waals surface area contributed by atoms with E-state index in [9.17, 15) is 48.6 Å². The van der Waals surface area contributed by atoms with Gasteiger partial charge in [0.05, 0.1) is 19.0 Å². The van der Waals surface area contributed by atoms with Crippen LogP contribution in [-0.2, 0) is 51.2 Å². The zero-order chi connectivity index (χ0) is 41.4. The molecule has 1 aromatic heterocycles. The van der Waals surface area contributed by atoms with Crippen molar-refractivity contribution in [3.05, 3.63) is 59.9 Å². The third-order valence-corrected chi connectivity index (χ3v) is 8.22. The van der Waals surface area contributed by atoms with E-state index < -0.39 is 108 Å². The molecule has 2 rings (SSSR count). The van der Waals surface area contributed by atoms with E-state index in [1.807, 2.05) is 0 Å². The number of hydrogen-bond acceptors (Lipinski definition) is 11. The third-order valence-electron chi connectivity index (χ3n) is 8.22. The highest BCUT2D eigenvalue weighted by molar-refractivity contribution is 5.98. The normalized spacial score (nSPS) is 14.3. The van der Waals surface area contributed by atoms with Crippen LogP contribution in [0.15, 0.2) is 48.8 Å². The van der Waals surface area contributed by atoms with E-state index in [0.29, 0.717) is 11.1 Å². The average Bonchev–Trinajstić information content (AvgIpc) is 3.11. The lowest BCUT2D eigenvalue weighted by Gasteiger charge is -2.29. The lowest BCUT2D eigenvalue weighted by atomic mass is 9.99. The molecule has 6 atom stereocenters. The highest BCUT2D eigenvalue weighted by Crippen LogP contribution is 2.12. The molecule has 300 valence electrons. The van der Waals surface area contributed by atoms with Crippen LogP contribution < -0.4 is 43.4 Å². The zero-order valence-electron chi connectivity index (χ0n) is 31.3. The number of aromatic nitrogens is 1. The monoisotopic (exact) mass is 769 g/mol. The Balaban J connectivity index is 2.23. The molecule has 0 aliphatic carbocycles. The van der Waals surface area contributed by atoms with E-state index in [2.05, 4.69) is 36.9 Å². The Kier molecular flexibility index (Phi) is 17.7. The number of rotatable bonds is 21. The maximum atomic E-state index is 13.7. The molecule has 2 aromatic rings. The largest absolute Gasteiger partial charge is 0.508 e. The number of nitrogens with one attached hydrogen (secondary N) is 6. The van der Waals surface area contributed by atoms with Gasteiger partial charge in [-0.25, -0.2) is 0 Å². The van der Waals surface area contributed by atoms with Crippen molar-refractivity contribution >= 4 is 47.3 Å². The molecular formula is C36H51N9O10. The summed E-state index contributed by atoms with van der Waals surface area (Å²) < 4.78 is 0. The van der Waals surface area contributed by atoms with Crippen LogP contribution in [0.3, 0.4) is 0 Å². The van der Waals surface area contributed by atoms with Gasteiger partial charge in [-0.15, -0.1) is 0 Å². The lowest BCUT2D eigenvalue weighted by molar-refractivity contribution is -0.141. The smallest absolute Gasteiger partial charge is 0.305 e. The van der Waals surface area contributed by atoms with Gasteiger partial charge < -0.3 is 53.6 Å². The number of pyridine rings is 1. The van der Waals surface area contributed by atoms with Crippen molar-refractivity contribution in [2.45, 2.75) is 90.1 Å². The Hall–Kier alpha value is -6.11. The Labute approximate surface area is 318 Å². The van der Waals surface area contributed by atoms with Gasteiger partial charge in [-0.1, -0.05) is 45.9 Å². The molecule has 19 nitrogen and oxygen atoms in total. The fraction of sp³-hybridized carbons (Fsp3) is 0.472. The van der Waals surface area contributed by atoms with Gasteiger partial charge in [-0.3, -0.25) is 43.3 Å². The summed E-state index contributed by atoms with van der Waals surface area (Å²) in [7, 11) is 0. The standard InChI is InChI=1S/C36H51N9O10/c1-18(2)29(35(54)40-17-27(38)47)45-36(55)30(19(3)4)44-34(53)26(15-28(48)49)43-33(52)25(14-22-7-6-12-39-16-22)42-31(50)20(5)41-32(51)24(37)13-21-8-10-23(46)11-9-21/h6-12,16,18-20,24-26,29-30,46H,13-15,17,37H2,1-5H3,(H2,38,47)(H,40,54)(H,41,51)(H,42,50)(H,43,52)(H,44,53)(H,45,55)(H,48,49)/t20-,24-,25-,26-,29-,30-/m0/s1. The summed E-state index contributed by atoms with van der Waals surface area (Å²) in [6, 6.07) is 1.46. The number of amides is 7. The molecule has 1 heterocycles. The van der Waals surface area contributed by atoms with E-state index in [0.717, 1.165) is 0 Å². The summed E-state index contributed by atoms with van der Waals surface area (Å²) in [4.78, 5) is 106. The molecule has 0 bridgehead atoms. The second-order valence-electron chi connectivity index (χ2n) is 13.6. The molecule has 55 heavy (non-hydrogen) atoms. The van der Waals surface area contributed by atoms with Crippen LogP contribution >= 0.6 is 0 Å². The Morgan fingerprint density at radius 3 is 1.78 bits per heavy atom. The van der Waals surface area contributed by atoms with Crippen molar-refractivity contribution in [3.8, 4) is 5.75 Å². The number of carbonyl (C=O) groups excluding carboxylic acids is 7. The molecule has 1 aromatic carbocycles. The number of carbonyl (C=O) groups is 8. The number of hydrogen-bond donors (Lipinski definition) is 10. The van der Waals surface area contributed by atoms with Crippen molar-refractivity contribution < 1.29 is 48.6 Å². The number of phenols is 1. The third kappa shape index (κ3) is 15.4. The van der Waals surface area contributed by atoms with Crippen LogP contribution in [0.25, 0.3) is 0 Å². The molecule has 0 aliphatic rings. The summed E-state index contributed by atoms with van der Waals surface area (Å²) in [6.07, 6.45) is 1.96. The SMILES string of the molecule is CC(C)[C@H](NC(=O)[C@H](CC(=O)O)NC(=O)[C@H](Cc1cccnc1)NC(=O)[C@H](C)NC(=O)[C@@H](N)Cc1ccc(O)cc1)C(=O)N[C@H](C(=O)NCC(N)=O)C(C)C. The number of benzene rings is 1. The number of carboxylic acid groups (broad SMARTS) is 1. The van der Waals surface area contributed by atoms with Gasteiger partial charge in [-0.05, 0) is 54.5 Å². The molecule has 12 N–H and O–H groups in total. The number of nitrogens with two attached hydrogens (primary N) is 2. The second kappa shape index (κ2) is 21.6. The number of primary amides is 1. The molecule has 7 amide bonds. The average molecular weight is 770 g/mol. The van der Waals surface area contributed by atoms with Gasteiger partial charge in [-0.2, -0.15) is 0 Å². The molecule has 0 aliphatic heterocycles. The maximum Gasteiger partial charge on any atom is 0.305 e. The molecule has 0 saturated carbocycles. The quantitative estimate of drug-likeness (QED) is 0.0643. The first kappa shape index (κ1) is 45.0. The topological polar surface area (TPSA) is 314 Å². The minimum atomic E-state index is -1.73. The Bertz CT molecular complexity index is 1670. The summed E-state index contributed by atoms with van der Waals surface area (Å²) in [5, 5.41) is 33.8. The molecule has 0 unspecified atom stereocenters. The van der Waals surface area contributed by atoms with Crippen LogP contribution in [0.5, 0.6) is 5.75 Å². The predicted octanol–water partition coefficient (Wildman–Crippen LogP) is -2.27. The van der Waals surface area contributed by atoms with Gasteiger partial charge in [0.1, 0.15) is 36.0 Å². The van der Waals surface area contributed by atoms with Crippen LogP contribution in [0.1, 0.15) is 52.2 Å². The lowest BCUT2D eigenvalue weighted by Crippen LogP contribution is -2.61. The van der Waals surface area contributed by atoms with Crippen LogP contribution in [-0.4, -0.2) is 105 Å². The van der Waals surface area contributed by atoms with Gasteiger partial charge in [0.15, 0.2) is 0 Å². The zero-order valence-corrected chi connectivity index (χ0v) is 31.3. The van der Waals surface area contributed by atoms with Crippen LogP contribution in [0.2, 0.25) is 0 Å². The molecule has 19 heteroatoms. The van der Waals surface area contributed by atoms with Gasteiger partial charge in [0, 0.05) is 18.8 Å². The second-order valence-corrected chi connectivity index (χ2v) is 13.6. The minimum Gasteiger partial charge on any atom is -0.508 e. The summed E-state index contributed by atoms with van der Waals surface area (Å²) in [5.74, 6) is -8.23. The van der Waals surface area contributed by atoms with Crippen LogP contribution in [0, 0.1) is 11.8 Å². The van der Waals surface area contributed by atoms with Crippen molar-refractivity contribution in [2.75, 3.05) is 6.54 Å². The Morgan fingerprint density at radius 1 is 0.673 bits per heavy atom. The number of phenolic OH excluding ortho intramolecular Hbond substituents is 1. The number of aromatic hydroxyl groups is 1. The predicted molar refractivity (Wildman–Crippen MR) is 197 cm³/mol. The summed E-state index contributed by atoms with van der Waals surface area (Å²) >= 11 is 0.